The van der Waals surface area contributed by atoms with Crippen LogP contribution in [0.4, 0.5) is 0 Å². The number of benzene rings is 8. The Morgan fingerprint density at radius 1 is 0.286 bits per heavy atom. The molecule has 0 unspecified atom stereocenters. The molecule has 11 rings (SSSR count). The van der Waals surface area contributed by atoms with Gasteiger partial charge in [0.05, 0.1) is 33.5 Å². The Morgan fingerprint density at radius 3 is 1.36 bits per heavy atom. The van der Waals surface area contributed by atoms with Gasteiger partial charge in [-0.05, 0) is 71.8 Å². The second kappa shape index (κ2) is 13.1. The number of rotatable bonds is 6. The molecule has 0 amide bonds. The first-order valence-corrected chi connectivity index (χ1v) is 19.0. The van der Waals surface area contributed by atoms with E-state index < -0.39 is 0 Å². The number of para-hydroxylation sites is 3. The maximum atomic E-state index is 5.08. The van der Waals surface area contributed by atoms with Crippen molar-refractivity contribution in [2.45, 2.75) is 0 Å². The summed E-state index contributed by atoms with van der Waals surface area (Å²) in [4.78, 5) is 10.1. The molecule has 0 aliphatic rings. The molecule has 0 bridgehead atoms. The van der Waals surface area contributed by atoms with Gasteiger partial charge in [0.2, 0.25) is 0 Å². The topological polar surface area (TPSA) is 35.6 Å². The summed E-state index contributed by atoms with van der Waals surface area (Å²) in [6, 6.07) is 73.1. The van der Waals surface area contributed by atoms with E-state index >= 15 is 0 Å². The SMILES string of the molecule is c1ccc(-c2cc(-c3cccc(-c4ccc(-n5c6ccccc6c6c7c8ccccc8n(-c8ccccc8)c7ccc65)cc4)c3)nc(-c3ccccc3)n2)cc1. The van der Waals surface area contributed by atoms with E-state index in [1.165, 1.54) is 43.6 Å². The maximum Gasteiger partial charge on any atom is 0.160 e. The molecule has 0 saturated carbocycles. The number of hydrogen-bond acceptors (Lipinski definition) is 2. The first-order chi connectivity index (χ1) is 27.8. The van der Waals surface area contributed by atoms with E-state index in [4.69, 9.17) is 9.97 Å². The molecule has 8 aromatic carbocycles. The average Bonchev–Trinajstić information content (AvgIpc) is 3.80. The van der Waals surface area contributed by atoms with Crippen LogP contribution in [0.3, 0.4) is 0 Å². The van der Waals surface area contributed by atoms with E-state index in [1.54, 1.807) is 0 Å². The van der Waals surface area contributed by atoms with Gasteiger partial charge in [-0.1, -0.05) is 146 Å². The molecule has 56 heavy (non-hydrogen) atoms. The highest BCUT2D eigenvalue weighted by atomic mass is 15.0. The zero-order chi connectivity index (χ0) is 37.0. The molecule has 0 atom stereocenters. The molecule has 0 aliphatic carbocycles. The van der Waals surface area contributed by atoms with Crippen LogP contribution in [0.25, 0.3) is 100 Å². The lowest BCUT2D eigenvalue weighted by Gasteiger charge is -2.12. The van der Waals surface area contributed by atoms with Gasteiger partial charge >= 0.3 is 0 Å². The standard InChI is InChI=1S/C52H34N4/c1-4-15-36(16-5-1)44-34-45(54-52(53-44)37-17-6-2-7-18-37)39-20-14-19-38(33-39)35-27-29-41(30-28-35)56-47-26-13-11-24-43(47)51-49(56)32-31-48-50(51)42-23-10-12-25-46(42)55(48)40-21-8-3-9-22-40/h1-34H. The van der Waals surface area contributed by atoms with E-state index in [2.05, 4.69) is 179 Å². The van der Waals surface area contributed by atoms with Gasteiger partial charge in [-0.2, -0.15) is 0 Å². The lowest BCUT2D eigenvalue weighted by molar-refractivity contribution is 1.17. The molecule has 0 fully saturated rings. The van der Waals surface area contributed by atoms with Crippen molar-refractivity contribution in [1.29, 1.82) is 0 Å². The third kappa shape index (κ3) is 5.23. The third-order valence-electron chi connectivity index (χ3n) is 10.9. The quantitative estimate of drug-likeness (QED) is 0.172. The summed E-state index contributed by atoms with van der Waals surface area (Å²) in [7, 11) is 0. The van der Waals surface area contributed by atoms with Crippen molar-refractivity contribution < 1.29 is 0 Å². The van der Waals surface area contributed by atoms with Gasteiger partial charge in [0.1, 0.15) is 0 Å². The highest BCUT2D eigenvalue weighted by Crippen LogP contribution is 2.42. The van der Waals surface area contributed by atoms with E-state index in [1.807, 2.05) is 36.4 Å². The monoisotopic (exact) mass is 714 g/mol. The van der Waals surface area contributed by atoms with Gasteiger partial charge < -0.3 is 9.13 Å². The predicted octanol–water partition coefficient (Wildman–Crippen LogP) is 13.3. The highest BCUT2D eigenvalue weighted by molar-refractivity contribution is 6.28. The van der Waals surface area contributed by atoms with Crippen LogP contribution in [0, 0.1) is 0 Å². The van der Waals surface area contributed by atoms with E-state index in [0.717, 1.165) is 50.6 Å². The van der Waals surface area contributed by atoms with Gasteiger partial charge in [0, 0.05) is 49.6 Å². The van der Waals surface area contributed by atoms with Crippen molar-refractivity contribution in [3.63, 3.8) is 0 Å². The number of hydrogen-bond donors (Lipinski definition) is 0. The van der Waals surface area contributed by atoms with Crippen molar-refractivity contribution in [2.75, 3.05) is 0 Å². The maximum absolute atomic E-state index is 5.08. The molecule has 0 spiro atoms. The normalized spacial score (nSPS) is 11.6. The van der Waals surface area contributed by atoms with Crippen LogP contribution in [0.1, 0.15) is 0 Å². The Balaban J connectivity index is 1.03. The largest absolute Gasteiger partial charge is 0.309 e. The van der Waals surface area contributed by atoms with Crippen LogP contribution in [-0.2, 0) is 0 Å². The van der Waals surface area contributed by atoms with Gasteiger partial charge in [0.15, 0.2) is 5.82 Å². The van der Waals surface area contributed by atoms with E-state index in [-0.39, 0.29) is 0 Å². The lowest BCUT2D eigenvalue weighted by atomic mass is 10.0. The fraction of sp³-hybridized carbons (Fsp3) is 0. The minimum atomic E-state index is 0.713. The number of fused-ring (bicyclic) bond motifs is 7. The molecule has 11 aromatic rings. The first kappa shape index (κ1) is 31.9. The van der Waals surface area contributed by atoms with Crippen molar-refractivity contribution in [3.05, 3.63) is 206 Å². The zero-order valence-corrected chi connectivity index (χ0v) is 30.4. The molecule has 4 heteroatoms. The lowest BCUT2D eigenvalue weighted by Crippen LogP contribution is -1.96. The minimum absolute atomic E-state index is 0.713. The third-order valence-corrected chi connectivity index (χ3v) is 10.9. The van der Waals surface area contributed by atoms with E-state index in [0.29, 0.717) is 5.82 Å². The summed E-state index contributed by atoms with van der Waals surface area (Å²) in [5, 5.41) is 5.05. The molecule has 262 valence electrons. The molecular formula is C52H34N4. The summed E-state index contributed by atoms with van der Waals surface area (Å²) in [5.74, 6) is 0.713. The molecular weight excluding hydrogens is 681 g/mol. The molecule has 3 aromatic heterocycles. The van der Waals surface area contributed by atoms with Gasteiger partial charge in [-0.15, -0.1) is 0 Å². The van der Waals surface area contributed by atoms with Gasteiger partial charge in [0.25, 0.3) is 0 Å². The molecule has 0 aliphatic heterocycles. The molecule has 3 heterocycles. The van der Waals surface area contributed by atoms with Crippen molar-refractivity contribution in [2.24, 2.45) is 0 Å². The van der Waals surface area contributed by atoms with Crippen molar-refractivity contribution >= 4 is 43.6 Å². The Labute approximate surface area is 324 Å². The summed E-state index contributed by atoms with van der Waals surface area (Å²) in [6.07, 6.45) is 0. The fourth-order valence-corrected chi connectivity index (χ4v) is 8.38. The molecule has 0 N–H and O–H groups in total. The van der Waals surface area contributed by atoms with Crippen LogP contribution >= 0.6 is 0 Å². The van der Waals surface area contributed by atoms with Crippen LogP contribution in [-0.4, -0.2) is 19.1 Å². The second-order valence-corrected chi connectivity index (χ2v) is 14.2. The van der Waals surface area contributed by atoms with Gasteiger partial charge in [-0.3, -0.25) is 0 Å². The summed E-state index contributed by atoms with van der Waals surface area (Å²) >= 11 is 0. The van der Waals surface area contributed by atoms with Crippen LogP contribution in [0.5, 0.6) is 0 Å². The van der Waals surface area contributed by atoms with Crippen LogP contribution < -0.4 is 0 Å². The fourth-order valence-electron chi connectivity index (χ4n) is 8.38. The minimum Gasteiger partial charge on any atom is -0.309 e. The second-order valence-electron chi connectivity index (χ2n) is 14.2. The Morgan fingerprint density at radius 2 is 0.750 bits per heavy atom. The van der Waals surface area contributed by atoms with Gasteiger partial charge in [-0.25, -0.2) is 9.97 Å². The zero-order valence-electron chi connectivity index (χ0n) is 30.4. The molecule has 0 radical (unpaired) electrons. The predicted molar refractivity (Wildman–Crippen MR) is 232 cm³/mol. The summed E-state index contributed by atoms with van der Waals surface area (Å²) in [6.45, 7) is 0. The Kier molecular flexibility index (Phi) is 7.46. The smallest absolute Gasteiger partial charge is 0.160 e. The first-order valence-electron chi connectivity index (χ1n) is 19.0. The molecule has 0 saturated heterocycles. The molecule has 4 nitrogen and oxygen atoms in total. The Bertz CT molecular complexity index is 3160. The summed E-state index contributed by atoms with van der Waals surface area (Å²) in [5.41, 5.74) is 14.2. The van der Waals surface area contributed by atoms with E-state index in [9.17, 15) is 0 Å². The number of aromatic nitrogens is 4. The van der Waals surface area contributed by atoms with Crippen LogP contribution in [0.15, 0.2) is 206 Å². The Hall–Kier alpha value is -7.56. The van der Waals surface area contributed by atoms with Crippen LogP contribution in [0.2, 0.25) is 0 Å². The summed E-state index contributed by atoms with van der Waals surface area (Å²) < 4.78 is 4.81. The highest BCUT2D eigenvalue weighted by Gasteiger charge is 2.20. The van der Waals surface area contributed by atoms with Crippen molar-refractivity contribution in [3.8, 4) is 56.4 Å². The number of nitrogens with zero attached hydrogens (tertiary/aromatic N) is 4. The van der Waals surface area contributed by atoms with Crippen molar-refractivity contribution in [1.82, 2.24) is 19.1 Å². The average molecular weight is 715 g/mol.